The Morgan fingerprint density at radius 3 is 2.88 bits per heavy atom. The van der Waals surface area contributed by atoms with E-state index in [1.54, 1.807) is 0 Å². The van der Waals surface area contributed by atoms with Crippen molar-refractivity contribution in [3.8, 4) is 6.07 Å². The number of hydrogen-bond acceptors (Lipinski definition) is 2. The Morgan fingerprint density at radius 2 is 2.18 bits per heavy atom. The standard InChI is InChI=1S/C15H20N2/c1-3-4-5-6-7-11-17-15-10-8-9-13(2)14(15)12-16/h3,8-10,17H,1,4-7,11H2,2H3. The van der Waals surface area contributed by atoms with Crippen LogP contribution < -0.4 is 5.32 Å². The van der Waals surface area contributed by atoms with Crippen molar-refractivity contribution in [1.82, 2.24) is 0 Å². The summed E-state index contributed by atoms with van der Waals surface area (Å²) in [6.07, 6.45) is 6.58. The second-order valence-corrected chi connectivity index (χ2v) is 4.17. The van der Waals surface area contributed by atoms with Crippen molar-refractivity contribution >= 4 is 5.69 Å². The van der Waals surface area contributed by atoms with Crippen molar-refractivity contribution in [2.45, 2.75) is 32.6 Å². The van der Waals surface area contributed by atoms with Crippen molar-refractivity contribution in [3.05, 3.63) is 42.0 Å². The van der Waals surface area contributed by atoms with Crippen molar-refractivity contribution in [2.75, 3.05) is 11.9 Å². The predicted molar refractivity (Wildman–Crippen MR) is 73.0 cm³/mol. The van der Waals surface area contributed by atoms with Crippen LogP contribution in [0, 0.1) is 18.3 Å². The van der Waals surface area contributed by atoms with E-state index in [1.807, 2.05) is 31.2 Å². The molecule has 1 aromatic carbocycles. The molecule has 0 aliphatic carbocycles. The lowest BCUT2D eigenvalue weighted by molar-refractivity contribution is 0.708. The topological polar surface area (TPSA) is 35.8 Å². The summed E-state index contributed by atoms with van der Waals surface area (Å²) < 4.78 is 0. The van der Waals surface area contributed by atoms with Crippen molar-refractivity contribution in [3.63, 3.8) is 0 Å². The zero-order valence-corrected chi connectivity index (χ0v) is 10.5. The van der Waals surface area contributed by atoms with Gasteiger partial charge in [-0.3, -0.25) is 0 Å². The van der Waals surface area contributed by atoms with Crippen LogP contribution in [-0.2, 0) is 0 Å². The van der Waals surface area contributed by atoms with Crippen LogP contribution in [0.1, 0.15) is 36.8 Å². The summed E-state index contributed by atoms with van der Waals surface area (Å²) in [5.41, 5.74) is 2.75. The SMILES string of the molecule is C=CCCCCCNc1cccc(C)c1C#N. The van der Waals surface area contributed by atoms with E-state index in [0.29, 0.717) is 0 Å². The lowest BCUT2D eigenvalue weighted by Gasteiger charge is -2.09. The molecule has 0 unspecified atom stereocenters. The van der Waals surface area contributed by atoms with Gasteiger partial charge in [0.15, 0.2) is 0 Å². The third kappa shape index (κ3) is 4.32. The van der Waals surface area contributed by atoms with Gasteiger partial charge in [-0.1, -0.05) is 24.6 Å². The number of rotatable bonds is 7. The fourth-order valence-corrected chi connectivity index (χ4v) is 1.78. The van der Waals surface area contributed by atoms with Crippen molar-refractivity contribution in [2.24, 2.45) is 0 Å². The van der Waals surface area contributed by atoms with Crippen molar-refractivity contribution < 1.29 is 0 Å². The van der Waals surface area contributed by atoms with Crippen LogP contribution in [0.15, 0.2) is 30.9 Å². The molecule has 1 aromatic rings. The molecule has 0 bridgehead atoms. The first-order valence-corrected chi connectivity index (χ1v) is 6.14. The smallest absolute Gasteiger partial charge is 0.102 e. The van der Waals surface area contributed by atoms with Crippen LogP contribution in [0.25, 0.3) is 0 Å². The van der Waals surface area contributed by atoms with Gasteiger partial charge in [-0.25, -0.2) is 0 Å². The number of hydrogen-bond donors (Lipinski definition) is 1. The van der Waals surface area contributed by atoms with Crippen LogP contribution >= 0.6 is 0 Å². The maximum Gasteiger partial charge on any atom is 0.102 e. The molecule has 0 amide bonds. The molecule has 0 heterocycles. The highest BCUT2D eigenvalue weighted by atomic mass is 14.9. The Balaban J connectivity index is 2.39. The van der Waals surface area contributed by atoms with Gasteiger partial charge in [0, 0.05) is 6.54 Å². The van der Waals surface area contributed by atoms with E-state index in [4.69, 9.17) is 5.26 Å². The monoisotopic (exact) mass is 228 g/mol. The molecule has 2 nitrogen and oxygen atoms in total. The fraction of sp³-hybridized carbons (Fsp3) is 0.400. The highest BCUT2D eigenvalue weighted by Crippen LogP contribution is 2.18. The minimum Gasteiger partial charge on any atom is -0.384 e. The van der Waals surface area contributed by atoms with Crippen LogP contribution in [0.4, 0.5) is 5.69 Å². The molecule has 0 saturated heterocycles. The third-order valence-electron chi connectivity index (χ3n) is 2.79. The number of unbranched alkanes of at least 4 members (excludes halogenated alkanes) is 3. The maximum atomic E-state index is 9.07. The number of anilines is 1. The number of nitrogens with one attached hydrogen (secondary N) is 1. The first-order chi connectivity index (χ1) is 8.29. The summed E-state index contributed by atoms with van der Waals surface area (Å²) in [4.78, 5) is 0. The van der Waals surface area contributed by atoms with Gasteiger partial charge in [-0.05, 0) is 37.8 Å². The lowest BCUT2D eigenvalue weighted by atomic mass is 10.1. The molecule has 0 radical (unpaired) electrons. The Morgan fingerprint density at radius 1 is 1.35 bits per heavy atom. The lowest BCUT2D eigenvalue weighted by Crippen LogP contribution is -2.03. The average molecular weight is 228 g/mol. The minimum atomic E-state index is 0.763. The summed E-state index contributed by atoms with van der Waals surface area (Å²) in [5.74, 6) is 0. The van der Waals surface area contributed by atoms with Gasteiger partial charge in [0.05, 0.1) is 11.3 Å². The zero-order valence-electron chi connectivity index (χ0n) is 10.5. The van der Waals surface area contributed by atoms with Gasteiger partial charge in [0.1, 0.15) is 6.07 Å². The molecule has 0 aliphatic rings. The number of nitrogens with zero attached hydrogens (tertiary/aromatic N) is 1. The summed E-state index contributed by atoms with van der Waals surface area (Å²) >= 11 is 0. The number of allylic oxidation sites excluding steroid dienone is 1. The molecular weight excluding hydrogens is 208 g/mol. The first-order valence-electron chi connectivity index (χ1n) is 6.14. The van der Waals surface area contributed by atoms with Gasteiger partial charge in [0.25, 0.3) is 0 Å². The summed E-state index contributed by atoms with van der Waals surface area (Å²) in [7, 11) is 0. The van der Waals surface area contributed by atoms with Gasteiger partial charge in [-0.2, -0.15) is 5.26 Å². The van der Waals surface area contributed by atoms with E-state index in [9.17, 15) is 0 Å². The summed E-state index contributed by atoms with van der Waals surface area (Å²) in [6, 6.07) is 8.17. The first kappa shape index (κ1) is 13.3. The van der Waals surface area contributed by atoms with Crippen LogP contribution in [0.3, 0.4) is 0 Å². The van der Waals surface area contributed by atoms with Gasteiger partial charge in [0.2, 0.25) is 0 Å². The summed E-state index contributed by atoms with van der Waals surface area (Å²) in [5, 5.41) is 12.4. The van der Waals surface area contributed by atoms with E-state index in [1.165, 1.54) is 12.8 Å². The van der Waals surface area contributed by atoms with Gasteiger partial charge >= 0.3 is 0 Å². The average Bonchev–Trinajstić information content (AvgIpc) is 2.34. The molecule has 1 rings (SSSR count). The number of aryl methyl sites for hydroxylation is 1. The highest BCUT2D eigenvalue weighted by molar-refractivity contribution is 5.60. The third-order valence-corrected chi connectivity index (χ3v) is 2.79. The Labute approximate surface area is 104 Å². The molecule has 0 aromatic heterocycles. The molecule has 17 heavy (non-hydrogen) atoms. The molecule has 0 aliphatic heterocycles. The molecular formula is C15H20N2. The van der Waals surface area contributed by atoms with E-state index < -0.39 is 0 Å². The molecule has 0 spiro atoms. The largest absolute Gasteiger partial charge is 0.384 e. The van der Waals surface area contributed by atoms with Crippen molar-refractivity contribution in [1.29, 1.82) is 5.26 Å². The van der Waals surface area contributed by atoms with E-state index in [2.05, 4.69) is 18.0 Å². The van der Waals surface area contributed by atoms with Crippen LogP contribution in [-0.4, -0.2) is 6.54 Å². The van der Waals surface area contributed by atoms with E-state index in [-0.39, 0.29) is 0 Å². The zero-order chi connectivity index (χ0) is 12.5. The van der Waals surface area contributed by atoms with E-state index >= 15 is 0 Å². The number of nitriles is 1. The minimum absolute atomic E-state index is 0.763. The molecule has 90 valence electrons. The Bertz CT molecular complexity index is 402. The van der Waals surface area contributed by atoms with E-state index in [0.717, 1.165) is 36.2 Å². The fourth-order valence-electron chi connectivity index (χ4n) is 1.78. The Kier molecular flexibility index (Phi) is 5.88. The second-order valence-electron chi connectivity index (χ2n) is 4.17. The van der Waals surface area contributed by atoms with Gasteiger partial charge < -0.3 is 5.32 Å². The molecule has 0 saturated carbocycles. The molecule has 0 fully saturated rings. The van der Waals surface area contributed by atoms with Gasteiger partial charge in [-0.15, -0.1) is 6.58 Å². The number of benzene rings is 1. The maximum absolute atomic E-state index is 9.07. The second kappa shape index (κ2) is 7.51. The normalized spacial score (nSPS) is 9.65. The highest BCUT2D eigenvalue weighted by Gasteiger charge is 2.03. The molecule has 0 atom stereocenters. The molecule has 2 heteroatoms. The Hall–Kier alpha value is -1.75. The summed E-state index contributed by atoms with van der Waals surface area (Å²) in [6.45, 7) is 6.60. The van der Waals surface area contributed by atoms with Crippen LogP contribution in [0.2, 0.25) is 0 Å². The molecule has 1 N–H and O–H groups in total. The van der Waals surface area contributed by atoms with Crippen LogP contribution in [0.5, 0.6) is 0 Å². The quantitative estimate of drug-likeness (QED) is 0.565. The predicted octanol–water partition coefficient (Wildman–Crippen LogP) is 4.03.